The largest absolute Gasteiger partial charge is 0.380 e. The molecular formula is C15H27N5O. The van der Waals surface area contributed by atoms with Crippen LogP contribution in [0.5, 0.6) is 0 Å². The van der Waals surface area contributed by atoms with Gasteiger partial charge in [-0.1, -0.05) is 0 Å². The first kappa shape index (κ1) is 15.8. The lowest BCUT2D eigenvalue weighted by Crippen LogP contribution is -2.40. The van der Waals surface area contributed by atoms with Gasteiger partial charge in [-0.3, -0.25) is 9.67 Å². The molecule has 118 valence electrons. The first-order chi connectivity index (χ1) is 10.2. The van der Waals surface area contributed by atoms with Crippen LogP contribution in [0, 0.1) is 0 Å². The Balaban J connectivity index is 1.92. The van der Waals surface area contributed by atoms with Gasteiger partial charge in [0.1, 0.15) is 0 Å². The van der Waals surface area contributed by atoms with Gasteiger partial charge in [0.15, 0.2) is 5.96 Å². The van der Waals surface area contributed by atoms with Gasteiger partial charge in [-0.2, -0.15) is 5.10 Å². The zero-order valence-electron chi connectivity index (χ0n) is 13.4. The van der Waals surface area contributed by atoms with E-state index < -0.39 is 0 Å². The fourth-order valence-corrected chi connectivity index (χ4v) is 2.66. The van der Waals surface area contributed by atoms with Gasteiger partial charge in [-0.05, 0) is 25.8 Å². The number of rotatable bonds is 6. The molecule has 1 aromatic heterocycles. The van der Waals surface area contributed by atoms with Crippen molar-refractivity contribution in [3.05, 3.63) is 18.0 Å². The highest BCUT2D eigenvalue weighted by molar-refractivity contribution is 5.80. The molecular weight excluding hydrogens is 266 g/mol. The van der Waals surface area contributed by atoms with Gasteiger partial charge in [0.2, 0.25) is 0 Å². The van der Waals surface area contributed by atoms with E-state index >= 15 is 0 Å². The minimum Gasteiger partial charge on any atom is -0.380 e. The average Bonchev–Trinajstić information content (AvgIpc) is 3.11. The van der Waals surface area contributed by atoms with Crippen LogP contribution in [0.1, 0.15) is 31.7 Å². The molecule has 0 spiro atoms. The van der Waals surface area contributed by atoms with E-state index in [4.69, 9.17) is 4.74 Å². The molecule has 2 rings (SSSR count). The molecule has 1 fully saturated rings. The van der Waals surface area contributed by atoms with Crippen LogP contribution in [0.25, 0.3) is 0 Å². The number of ether oxygens (including phenoxy) is 1. The standard InChI is InChI=1S/C15H27N5O/c1-4-16-15(17-7-9-21-5-2)20-8-6-13(12-20)14-10-18-19(3)11-14/h10-11,13H,4-9,12H2,1-3H3,(H,16,17). The zero-order chi connectivity index (χ0) is 15.1. The Bertz CT molecular complexity index is 457. The van der Waals surface area contributed by atoms with Crippen LogP contribution in [0.4, 0.5) is 0 Å². The number of aromatic nitrogens is 2. The maximum atomic E-state index is 5.35. The number of aliphatic imine (C=N–C) groups is 1. The van der Waals surface area contributed by atoms with Crippen molar-refractivity contribution in [2.75, 3.05) is 39.4 Å². The SMILES string of the molecule is CCNC(=NCCOCC)N1CCC(c2cnn(C)c2)C1. The molecule has 1 saturated heterocycles. The Labute approximate surface area is 127 Å². The molecule has 1 N–H and O–H groups in total. The normalized spacial score (nSPS) is 19.3. The topological polar surface area (TPSA) is 54.7 Å². The summed E-state index contributed by atoms with van der Waals surface area (Å²) in [4.78, 5) is 6.99. The fourth-order valence-electron chi connectivity index (χ4n) is 2.66. The van der Waals surface area contributed by atoms with Crippen molar-refractivity contribution in [1.82, 2.24) is 20.0 Å². The smallest absolute Gasteiger partial charge is 0.194 e. The summed E-state index contributed by atoms with van der Waals surface area (Å²) < 4.78 is 7.23. The van der Waals surface area contributed by atoms with E-state index in [2.05, 4.69) is 33.4 Å². The van der Waals surface area contributed by atoms with Crippen molar-refractivity contribution < 1.29 is 4.74 Å². The molecule has 1 atom stereocenters. The molecule has 0 aromatic carbocycles. The van der Waals surface area contributed by atoms with Crippen LogP contribution in [-0.4, -0.2) is 60.0 Å². The third-order valence-corrected chi connectivity index (χ3v) is 3.72. The second-order valence-electron chi connectivity index (χ2n) is 5.31. The number of hydrogen-bond acceptors (Lipinski definition) is 3. The summed E-state index contributed by atoms with van der Waals surface area (Å²) in [5.41, 5.74) is 1.32. The van der Waals surface area contributed by atoms with Crippen LogP contribution < -0.4 is 5.32 Å². The van der Waals surface area contributed by atoms with Gasteiger partial charge in [0, 0.05) is 45.4 Å². The number of nitrogens with one attached hydrogen (secondary N) is 1. The second kappa shape index (κ2) is 8.02. The van der Waals surface area contributed by atoms with Gasteiger partial charge >= 0.3 is 0 Å². The van der Waals surface area contributed by atoms with Crippen LogP contribution in [0.15, 0.2) is 17.4 Å². The summed E-state index contributed by atoms with van der Waals surface area (Å²) >= 11 is 0. The van der Waals surface area contributed by atoms with Gasteiger partial charge < -0.3 is 15.0 Å². The first-order valence-corrected chi connectivity index (χ1v) is 7.84. The third-order valence-electron chi connectivity index (χ3n) is 3.72. The van der Waals surface area contributed by atoms with E-state index in [1.54, 1.807) is 0 Å². The number of nitrogens with zero attached hydrogens (tertiary/aromatic N) is 4. The minimum absolute atomic E-state index is 0.550. The Morgan fingerprint density at radius 1 is 1.52 bits per heavy atom. The zero-order valence-corrected chi connectivity index (χ0v) is 13.4. The van der Waals surface area contributed by atoms with Crippen molar-refractivity contribution in [2.24, 2.45) is 12.0 Å². The van der Waals surface area contributed by atoms with Crippen molar-refractivity contribution in [3.63, 3.8) is 0 Å². The molecule has 0 radical (unpaired) electrons. The van der Waals surface area contributed by atoms with E-state index in [9.17, 15) is 0 Å². The summed E-state index contributed by atoms with van der Waals surface area (Å²) in [5.74, 6) is 1.55. The fraction of sp³-hybridized carbons (Fsp3) is 0.733. The molecule has 1 aliphatic rings. The number of likely N-dealkylation sites (tertiary alicyclic amines) is 1. The predicted octanol–water partition coefficient (Wildman–Crippen LogP) is 1.21. The molecule has 1 aromatic rings. The van der Waals surface area contributed by atoms with Gasteiger partial charge in [0.25, 0.3) is 0 Å². The Morgan fingerprint density at radius 3 is 3.05 bits per heavy atom. The van der Waals surface area contributed by atoms with Crippen LogP contribution >= 0.6 is 0 Å². The van der Waals surface area contributed by atoms with Crippen molar-refractivity contribution >= 4 is 5.96 Å². The summed E-state index contributed by atoms with van der Waals surface area (Å²) in [6.07, 6.45) is 5.25. The highest BCUT2D eigenvalue weighted by atomic mass is 16.5. The molecule has 2 heterocycles. The molecule has 0 bridgehead atoms. The van der Waals surface area contributed by atoms with Gasteiger partial charge in [0.05, 0.1) is 19.3 Å². The highest BCUT2D eigenvalue weighted by Gasteiger charge is 2.26. The summed E-state index contributed by atoms with van der Waals surface area (Å²) in [6.45, 7) is 9.20. The average molecular weight is 293 g/mol. The van der Waals surface area contributed by atoms with E-state index in [-0.39, 0.29) is 0 Å². The minimum atomic E-state index is 0.550. The summed E-state index contributed by atoms with van der Waals surface area (Å²) in [6, 6.07) is 0. The quantitative estimate of drug-likeness (QED) is 0.487. The lowest BCUT2D eigenvalue weighted by Gasteiger charge is -2.21. The van der Waals surface area contributed by atoms with Crippen LogP contribution in [-0.2, 0) is 11.8 Å². The van der Waals surface area contributed by atoms with E-state index in [0.29, 0.717) is 19.1 Å². The highest BCUT2D eigenvalue weighted by Crippen LogP contribution is 2.26. The Kier molecular flexibility index (Phi) is 6.04. The number of hydrogen-bond donors (Lipinski definition) is 1. The monoisotopic (exact) mass is 293 g/mol. The lowest BCUT2D eigenvalue weighted by atomic mass is 10.0. The molecule has 1 unspecified atom stereocenters. The lowest BCUT2D eigenvalue weighted by molar-refractivity contribution is 0.155. The van der Waals surface area contributed by atoms with Gasteiger partial charge in [-0.25, -0.2) is 0 Å². The molecule has 0 aliphatic carbocycles. The predicted molar refractivity (Wildman–Crippen MR) is 84.6 cm³/mol. The van der Waals surface area contributed by atoms with E-state index in [1.165, 1.54) is 5.56 Å². The maximum Gasteiger partial charge on any atom is 0.194 e. The van der Waals surface area contributed by atoms with Gasteiger partial charge in [-0.15, -0.1) is 0 Å². The Hall–Kier alpha value is -1.56. The molecule has 0 amide bonds. The summed E-state index contributed by atoms with van der Waals surface area (Å²) in [7, 11) is 1.97. The number of aryl methyl sites for hydroxylation is 1. The van der Waals surface area contributed by atoms with Crippen molar-refractivity contribution in [2.45, 2.75) is 26.2 Å². The third kappa shape index (κ3) is 4.46. The molecule has 0 saturated carbocycles. The molecule has 6 nitrogen and oxygen atoms in total. The van der Waals surface area contributed by atoms with E-state index in [1.807, 2.05) is 24.9 Å². The second-order valence-corrected chi connectivity index (χ2v) is 5.31. The molecule has 1 aliphatic heterocycles. The van der Waals surface area contributed by atoms with Crippen LogP contribution in [0.2, 0.25) is 0 Å². The van der Waals surface area contributed by atoms with E-state index in [0.717, 1.165) is 38.6 Å². The van der Waals surface area contributed by atoms with Crippen LogP contribution in [0.3, 0.4) is 0 Å². The molecule has 21 heavy (non-hydrogen) atoms. The van der Waals surface area contributed by atoms with Crippen molar-refractivity contribution in [1.29, 1.82) is 0 Å². The Morgan fingerprint density at radius 2 is 2.38 bits per heavy atom. The maximum absolute atomic E-state index is 5.35. The first-order valence-electron chi connectivity index (χ1n) is 7.84. The number of guanidine groups is 1. The van der Waals surface area contributed by atoms with Crippen molar-refractivity contribution in [3.8, 4) is 0 Å². The molecule has 6 heteroatoms. The summed E-state index contributed by atoms with van der Waals surface area (Å²) in [5, 5.41) is 7.65.